The minimum absolute atomic E-state index is 0.258. The maximum absolute atomic E-state index is 10.5. The normalized spacial score (nSPS) is 10.2. The predicted molar refractivity (Wildman–Crippen MR) is 46.1 cm³/mol. The molecule has 2 heterocycles. The Bertz CT molecular complexity index is 430. The first kappa shape index (κ1) is 7.60. The Kier molecular flexibility index (Phi) is 1.63. The zero-order valence-electron chi connectivity index (χ0n) is 6.65. The van der Waals surface area contributed by atoms with Gasteiger partial charge >= 0.3 is 0 Å². The van der Waals surface area contributed by atoms with Crippen molar-refractivity contribution in [3.05, 3.63) is 24.3 Å². The Morgan fingerprint density at radius 3 is 3.00 bits per heavy atom. The topological polar surface area (TPSA) is 84.9 Å². The maximum Gasteiger partial charge on any atom is 0.185 e. The van der Waals surface area contributed by atoms with E-state index in [-0.39, 0.29) is 5.76 Å². The van der Waals surface area contributed by atoms with E-state index in [2.05, 4.69) is 10.2 Å². The molecular weight excluding hydrogens is 170 g/mol. The van der Waals surface area contributed by atoms with Crippen LogP contribution in [0.15, 0.2) is 22.9 Å². The lowest BCUT2D eigenvalue weighted by molar-refractivity contribution is 0.110. The molecule has 0 fully saturated rings. The van der Waals surface area contributed by atoms with Crippen molar-refractivity contribution < 1.29 is 9.21 Å². The van der Waals surface area contributed by atoms with Gasteiger partial charge in [-0.25, -0.2) is 0 Å². The molecule has 0 aliphatic rings. The highest BCUT2D eigenvalue weighted by Crippen LogP contribution is 2.26. The number of aromatic amines is 1. The van der Waals surface area contributed by atoms with Gasteiger partial charge in [0.2, 0.25) is 0 Å². The molecule has 0 bridgehead atoms. The summed E-state index contributed by atoms with van der Waals surface area (Å²) in [6, 6.07) is 1.67. The van der Waals surface area contributed by atoms with Crippen LogP contribution in [0.1, 0.15) is 10.6 Å². The van der Waals surface area contributed by atoms with Crippen LogP contribution in [0, 0.1) is 0 Å². The molecule has 0 atom stereocenters. The van der Waals surface area contributed by atoms with E-state index in [0.29, 0.717) is 23.2 Å². The minimum atomic E-state index is 0.258. The monoisotopic (exact) mass is 177 g/mol. The van der Waals surface area contributed by atoms with Crippen molar-refractivity contribution >= 4 is 12.1 Å². The summed E-state index contributed by atoms with van der Waals surface area (Å²) in [5.41, 5.74) is 6.89. The van der Waals surface area contributed by atoms with Crippen LogP contribution in [0.25, 0.3) is 11.1 Å². The first-order valence-corrected chi connectivity index (χ1v) is 3.65. The van der Waals surface area contributed by atoms with Crippen LogP contribution in [0.2, 0.25) is 0 Å². The number of nitrogens with two attached hydrogens (primary N) is 1. The van der Waals surface area contributed by atoms with Gasteiger partial charge in [0.15, 0.2) is 17.9 Å². The number of H-pyrrole nitrogens is 1. The number of aromatic nitrogens is 2. The number of hydrogen-bond acceptors (Lipinski definition) is 4. The predicted octanol–water partition coefficient (Wildman–Crippen LogP) is 1.06. The Morgan fingerprint density at radius 1 is 1.54 bits per heavy atom. The summed E-state index contributed by atoms with van der Waals surface area (Å²) >= 11 is 0. The quantitative estimate of drug-likeness (QED) is 0.671. The second kappa shape index (κ2) is 2.78. The van der Waals surface area contributed by atoms with Gasteiger partial charge < -0.3 is 10.2 Å². The van der Waals surface area contributed by atoms with Crippen molar-refractivity contribution in [2.75, 3.05) is 5.73 Å². The molecule has 2 aromatic rings. The smallest absolute Gasteiger partial charge is 0.185 e. The molecule has 0 saturated carbocycles. The van der Waals surface area contributed by atoms with Crippen molar-refractivity contribution in [3.8, 4) is 11.1 Å². The molecule has 5 nitrogen and oxygen atoms in total. The third-order valence-corrected chi connectivity index (χ3v) is 1.76. The van der Waals surface area contributed by atoms with Crippen LogP contribution in [-0.4, -0.2) is 16.5 Å². The number of aldehydes is 1. The van der Waals surface area contributed by atoms with Gasteiger partial charge in [-0.15, -0.1) is 0 Å². The van der Waals surface area contributed by atoms with Gasteiger partial charge in [0.05, 0.1) is 6.26 Å². The van der Waals surface area contributed by atoms with Crippen LogP contribution < -0.4 is 5.73 Å². The largest absolute Gasteiger partial charge is 0.461 e. The lowest BCUT2D eigenvalue weighted by Crippen LogP contribution is -1.88. The Morgan fingerprint density at radius 2 is 2.38 bits per heavy atom. The lowest BCUT2D eigenvalue weighted by Gasteiger charge is -1.92. The number of hydrogen-bond donors (Lipinski definition) is 2. The fourth-order valence-corrected chi connectivity index (χ4v) is 1.15. The third kappa shape index (κ3) is 1.10. The summed E-state index contributed by atoms with van der Waals surface area (Å²) in [4.78, 5) is 10.5. The van der Waals surface area contributed by atoms with Gasteiger partial charge in [0.1, 0.15) is 0 Å². The van der Waals surface area contributed by atoms with Gasteiger partial charge in [-0.1, -0.05) is 0 Å². The minimum Gasteiger partial charge on any atom is -0.461 e. The molecule has 0 amide bonds. The van der Waals surface area contributed by atoms with Gasteiger partial charge in [-0.3, -0.25) is 9.89 Å². The molecule has 0 saturated heterocycles. The fourth-order valence-electron chi connectivity index (χ4n) is 1.15. The summed E-state index contributed by atoms with van der Waals surface area (Å²) in [6.45, 7) is 0. The van der Waals surface area contributed by atoms with Crippen LogP contribution in [0.4, 0.5) is 5.82 Å². The number of anilines is 1. The molecule has 0 radical (unpaired) electrons. The third-order valence-electron chi connectivity index (χ3n) is 1.76. The molecular formula is C8H7N3O2. The summed E-state index contributed by atoms with van der Waals surface area (Å²) in [5.74, 6) is 0.609. The Hall–Kier alpha value is -2.04. The molecule has 2 rings (SSSR count). The van der Waals surface area contributed by atoms with Crippen LogP contribution in [0.5, 0.6) is 0 Å². The summed E-state index contributed by atoms with van der Waals surface area (Å²) in [7, 11) is 0. The molecule has 2 aromatic heterocycles. The highest BCUT2D eigenvalue weighted by Gasteiger charge is 2.11. The molecule has 3 N–H and O–H groups in total. The number of furan rings is 1. The SMILES string of the molecule is Nc1n[nH]cc1-c1ccoc1C=O. The van der Waals surface area contributed by atoms with Gasteiger partial charge in [0.25, 0.3) is 0 Å². The van der Waals surface area contributed by atoms with Crippen LogP contribution in [0.3, 0.4) is 0 Å². The standard InChI is InChI=1S/C8H7N3O2/c9-8-6(3-10-11-8)5-1-2-13-7(5)4-12/h1-4H,(H3,9,10,11). The molecule has 0 spiro atoms. The van der Waals surface area contributed by atoms with E-state index < -0.39 is 0 Å². The zero-order chi connectivity index (χ0) is 9.26. The first-order chi connectivity index (χ1) is 6.33. The van der Waals surface area contributed by atoms with Crippen LogP contribution in [-0.2, 0) is 0 Å². The molecule has 66 valence electrons. The van der Waals surface area contributed by atoms with Gasteiger partial charge in [-0.2, -0.15) is 5.10 Å². The second-order valence-electron chi connectivity index (χ2n) is 2.50. The summed E-state index contributed by atoms with van der Waals surface area (Å²) in [5, 5.41) is 6.35. The second-order valence-corrected chi connectivity index (χ2v) is 2.50. The first-order valence-electron chi connectivity index (χ1n) is 3.65. The zero-order valence-corrected chi connectivity index (χ0v) is 6.65. The number of carbonyl (C=O) groups is 1. The van der Waals surface area contributed by atoms with Gasteiger partial charge in [0, 0.05) is 17.3 Å². The van der Waals surface area contributed by atoms with Crippen molar-refractivity contribution in [2.24, 2.45) is 0 Å². The average Bonchev–Trinajstić information content (AvgIpc) is 2.71. The Balaban J connectivity index is 2.58. The van der Waals surface area contributed by atoms with Crippen molar-refractivity contribution in [1.82, 2.24) is 10.2 Å². The number of nitrogen functional groups attached to an aromatic ring is 1. The summed E-state index contributed by atoms with van der Waals surface area (Å²) in [6.07, 6.45) is 3.69. The van der Waals surface area contributed by atoms with E-state index in [1.165, 1.54) is 6.26 Å². The van der Waals surface area contributed by atoms with E-state index >= 15 is 0 Å². The highest BCUT2D eigenvalue weighted by atomic mass is 16.3. The number of nitrogens with one attached hydrogen (secondary N) is 1. The van der Waals surface area contributed by atoms with Crippen molar-refractivity contribution in [1.29, 1.82) is 0 Å². The van der Waals surface area contributed by atoms with Crippen LogP contribution >= 0.6 is 0 Å². The highest BCUT2D eigenvalue weighted by molar-refractivity contribution is 5.87. The van der Waals surface area contributed by atoms with E-state index in [9.17, 15) is 4.79 Å². The molecule has 0 aliphatic carbocycles. The molecule has 0 unspecified atom stereocenters. The fraction of sp³-hybridized carbons (Fsp3) is 0. The van der Waals surface area contributed by atoms with E-state index in [0.717, 1.165) is 0 Å². The lowest BCUT2D eigenvalue weighted by atomic mass is 10.1. The van der Waals surface area contributed by atoms with E-state index in [1.54, 1.807) is 12.3 Å². The molecule has 0 aromatic carbocycles. The molecule has 0 aliphatic heterocycles. The molecule has 5 heteroatoms. The number of nitrogens with zero attached hydrogens (tertiary/aromatic N) is 1. The van der Waals surface area contributed by atoms with Crippen molar-refractivity contribution in [2.45, 2.75) is 0 Å². The van der Waals surface area contributed by atoms with Gasteiger partial charge in [-0.05, 0) is 6.07 Å². The van der Waals surface area contributed by atoms with E-state index in [4.69, 9.17) is 10.2 Å². The Labute approximate surface area is 73.5 Å². The molecule has 13 heavy (non-hydrogen) atoms. The number of rotatable bonds is 2. The number of carbonyl (C=O) groups excluding carboxylic acids is 1. The maximum atomic E-state index is 10.5. The van der Waals surface area contributed by atoms with Crippen molar-refractivity contribution in [3.63, 3.8) is 0 Å². The average molecular weight is 177 g/mol. The van der Waals surface area contributed by atoms with E-state index in [1.807, 2.05) is 0 Å². The summed E-state index contributed by atoms with van der Waals surface area (Å²) < 4.78 is 4.93.